The van der Waals surface area contributed by atoms with Crippen molar-refractivity contribution < 1.29 is 19.1 Å². The smallest absolute Gasteiger partial charge is 0.407 e. The van der Waals surface area contributed by atoms with Gasteiger partial charge in [0.1, 0.15) is 0 Å². The van der Waals surface area contributed by atoms with Gasteiger partial charge < -0.3 is 20.1 Å². The summed E-state index contributed by atoms with van der Waals surface area (Å²) in [5, 5.41) is 5.82. The summed E-state index contributed by atoms with van der Waals surface area (Å²) < 4.78 is 10.4. The van der Waals surface area contributed by atoms with Gasteiger partial charge >= 0.3 is 12.2 Å². The zero-order valence-corrected chi connectivity index (χ0v) is 18.2. The Hall–Kier alpha value is -2.24. The molecule has 0 atom stereocenters. The van der Waals surface area contributed by atoms with Crippen LogP contribution in [0.3, 0.4) is 0 Å². The fraction of sp³-hybridized carbons (Fsp3) is 0.636. The van der Waals surface area contributed by atoms with Gasteiger partial charge in [0.15, 0.2) is 0 Å². The average Bonchev–Trinajstić information content (AvgIpc) is 2.61. The lowest BCUT2D eigenvalue weighted by Crippen LogP contribution is -2.43. The first kappa shape index (κ1) is 23.8. The van der Waals surface area contributed by atoms with Gasteiger partial charge in [-0.2, -0.15) is 0 Å². The van der Waals surface area contributed by atoms with Gasteiger partial charge in [0, 0.05) is 0 Å². The van der Waals surface area contributed by atoms with E-state index in [2.05, 4.69) is 10.6 Å². The number of benzene rings is 1. The fourth-order valence-corrected chi connectivity index (χ4v) is 2.64. The topological polar surface area (TPSA) is 76.7 Å². The Morgan fingerprint density at radius 3 is 1.57 bits per heavy atom. The summed E-state index contributed by atoms with van der Waals surface area (Å²) >= 11 is 0. The van der Waals surface area contributed by atoms with Gasteiger partial charge in [0.05, 0.1) is 24.3 Å². The van der Waals surface area contributed by atoms with Gasteiger partial charge in [-0.3, -0.25) is 0 Å². The molecule has 0 saturated carbocycles. The van der Waals surface area contributed by atoms with Gasteiger partial charge in [0.2, 0.25) is 0 Å². The van der Waals surface area contributed by atoms with Crippen molar-refractivity contribution in [1.82, 2.24) is 10.6 Å². The Balaban J connectivity index is 2.82. The molecule has 1 rings (SSSR count). The second kappa shape index (κ2) is 10.9. The molecule has 2 amide bonds. The van der Waals surface area contributed by atoms with E-state index in [1.165, 1.54) is 0 Å². The number of amides is 2. The molecule has 0 aliphatic rings. The molecule has 0 aromatic heterocycles. The number of ether oxygens (including phenoxy) is 2. The summed E-state index contributed by atoms with van der Waals surface area (Å²) in [4.78, 5) is 24.1. The number of carbonyl (C=O) groups is 2. The van der Waals surface area contributed by atoms with Crippen LogP contribution in [-0.2, 0) is 20.6 Å². The maximum Gasteiger partial charge on any atom is 0.407 e. The Kier molecular flexibility index (Phi) is 9.29. The minimum absolute atomic E-state index is 0.412. The molecule has 0 unspecified atom stereocenters. The predicted molar refractivity (Wildman–Crippen MR) is 111 cm³/mol. The van der Waals surface area contributed by atoms with Crippen molar-refractivity contribution in [3.63, 3.8) is 0 Å². The van der Waals surface area contributed by atoms with E-state index in [1.54, 1.807) is 0 Å². The number of rotatable bonds is 10. The highest BCUT2D eigenvalue weighted by atomic mass is 16.6. The molecule has 6 nitrogen and oxygen atoms in total. The molecule has 158 valence electrons. The predicted octanol–water partition coefficient (Wildman–Crippen LogP) is 5.21. The zero-order chi connectivity index (χ0) is 21.2. The third-order valence-corrected chi connectivity index (χ3v) is 4.60. The van der Waals surface area contributed by atoms with Gasteiger partial charge in [-0.05, 0) is 51.7 Å². The van der Waals surface area contributed by atoms with E-state index < -0.39 is 23.3 Å². The number of hydrogen-bond acceptors (Lipinski definition) is 4. The van der Waals surface area contributed by atoms with Gasteiger partial charge in [-0.15, -0.1) is 0 Å². The van der Waals surface area contributed by atoms with Gasteiger partial charge in [-0.25, -0.2) is 9.59 Å². The van der Waals surface area contributed by atoms with Crippen LogP contribution in [0, 0.1) is 0 Å². The van der Waals surface area contributed by atoms with Crippen molar-refractivity contribution in [1.29, 1.82) is 0 Å². The standard InChI is InChI=1S/C22H36N2O4/c1-7-9-14-27-19(25)23-21(3,4)17-12-11-13-18(16-17)22(5,6)24-20(26)28-15-10-8-2/h11-13,16H,7-10,14-15H2,1-6H3,(H,23,25)(H,24,26). The van der Waals surface area contributed by atoms with E-state index in [-0.39, 0.29) is 0 Å². The summed E-state index contributed by atoms with van der Waals surface area (Å²) in [5.74, 6) is 0. The first-order chi connectivity index (χ1) is 13.1. The molecule has 2 N–H and O–H groups in total. The Bertz CT molecular complexity index is 590. The van der Waals surface area contributed by atoms with Crippen LogP contribution in [0.2, 0.25) is 0 Å². The normalized spacial score (nSPS) is 11.6. The first-order valence-corrected chi connectivity index (χ1v) is 10.1. The van der Waals surface area contributed by atoms with Gasteiger partial charge in [-0.1, -0.05) is 51.0 Å². The van der Waals surface area contributed by atoms with Crippen LogP contribution in [0.1, 0.15) is 78.4 Å². The quantitative estimate of drug-likeness (QED) is 0.536. The monoisotopic (exact) mass is 392 g/mol. The van der Waals surface area contributed by atoms with Crippen molar-refractivity contribution in [3.8, 4) is 0 Å². The number of unbranched alkanes of at least 4 members (excludes halogenated alkanes) is 2. The summed E-state index contributed by atoms with van der Waals surface area (Å²) in [7, 11) is 0. The molecule has 0 spiro atoms. The molecule has 0 aliphatic carbocycles. The minimum Gasteiger partial charge on any atom is -0.450 e. The second-order valence-corrected chi connectivity index (χ2v) is 8.06. The van der Waals surface area contributed by atoms with Crippen LogP contribution in [0.25, 0.3) is 0 Å². The molecular weight excluding hydrogens is 356 g/mol. The SMILES string of the molecule is CCCCOC(=O)NC(C)(C)c1cccc(C(C)(C)NC(=O)OCCCC)c1. The fourth-order valence-electron chi connectivity index (χ4n) is 2.64. The summed E-state index contributed by atoms with van der Waals surface area (Å²) in [6.45, 7) is 12.6. The van der Waals surface area contributed by atoms with E-state index >= 15 is 0 Å². The lowest BCUT2D eigenvalue weighted by molar-refractivity contribution is 0.134. The molecule has 28 heavy (non-hydrogen) atoms. The molecule has 0 bridgehead atoms. The van der Waals surface area contributed by atoms with Crippen LogP contribution in [0.5, 0.6) is 0 Å². The molecular formula is C22H36N2O4. The van der Waals surface area contributed by atoms with Crippen LogP contribution >= 0.6 is 0 Å². The Labute approximate surface area is 169 Å². The highest BCUT2D eigenvalue weighted by Crippen LogP contribution is 2.27. The van der Waals surface area contributed by atoms with E-state index in [9.17, 15) is 9.59 Å². The molecule has 0 heterocycles. The van der Waals surface area contributed by atoms with Crippen LogP contribution < -0.4 is 10.6 Å². The van der Waals surface area contributed by atoms with Crippen molar-refractivity contribution in [2.24, 2.45) is 0 Å². The Morgan fingerprint density at radius 1 is 0.821 bits per heavy atom. The number of carbonyl (C=O) groups excluding carboxylic acids is 2. The molecule has 0 aliphatic heterocycles. The van der Waals surface area contributed by atoms with Crippen molar-refractivity contribution in [2.45, 2.75) is 78.3 Å². The van der Waals surface area contributed by atoms with E-state index in [4.69, 9.17) is 9.47 Å². The molecule has 6 heteroatoms. The third kappa shape index (κ3) is 7.79. The zero-order valence-electron chi connectivity index (χ0n) is 18.2. The van der Waals surface area contributed by atoms with Crippen molar-refractivity contribution in [3.05, 3.63) is 35.4 Å². The largest absolute Gasteiger partial charge is 0.450 e. The average molecular weight is 393 g/mol. The van der Waals surface area contributed by atoms with Crippen molar-refractivity contribution >= 4 is 12.2 Å². The third-order valence-electron chi connectivity index (χ3n) is 4.60. The summed E-state index contributed by atoms with van der Waals surface area (Å²) in [6.07, 6.45) is 2.78. The lowest BCUT2D eigenvalue weighted by Gasteiger charge is -2.30. The summed E-state index contributed by atoms with van der Waals surface area (Å²) in [5.41, 5.74) is 0.618. The van der Waals surface area contributed by atoms with Crippen molar-refractivity contribution in [2.75, 3.05) is 13.2 Å². The van der Waals surface area contributed by atoms with Crippen LogP contribution in [-0.4, -0.2) is 25.4 Å². The molecule has 0 fully saturated rings. The maximum atomic E-state index is 12.1. The van der Waals surface area contributed by atoms with E-state index in [0.29, 0.717) is 13.2 Å². The highest BCUT2D eigenvalue weighted by molar-refractivity contribution is 5.69. The number of alkyl carbamates (subject to hydrolysis) is 2. The highest BCUT2D eigenvalue weighted by Gasteiger charge is 2.28. The molecule has 0 radical (unpaired) electrons. The molecule has 1 aromatic carbocycles. The number of hydrogen-bond donors (Lipinski definition) is 2. The van der Waals surface area contributed by atoms with Crippen LogP contribution in [0.4, 0.5) is 9.59 Å². The second-order valence-electron chi connectivity index (χ2n) is 8.06. The van der Waals surface area contributed by atoms with E-state index in [1.807, 2.05) is 65.8 Å². The number of nitrogens with one attached hydrogen (secondary N) is 2. The molecule has 1 aromatic rings. The molecule has 0 saturated heterocycles. The first-order valence-electron chi connectivity index (χ1n) is 10.1. The lowest BCUT2D eigenvalue weighted by atomic mass is 9.87. The Morgan fingerprint density at radius 2 is 1.21 bits per heavy atom. The van der Waals surface area contributed by atoms with Crippen LogP contribution in [0.15, 0.2) is 24.3 Å². The summed E-state index contributed by atoms with van der Waals surface area (Å²) in [6, 6.07) is 7.80. The van der Waals surface area contributed by atoms with Gasteiger partial charge in [0.25, 0.3) is 0 Å². The minimum atomic E-state index is -0.614. The van der Waals surface area contributed by atoms with E-state index in [0.717, 1.165) is 36.8 Å². The maximum absolute atomic E-state index is 12.1.